The third kappa shape index (κ3) is 3.42. The van der Waals surface area contributed by atoms with Crippen molar-refractivity contribution < 1.29 is 19.4 Å². The molecular weight excluding hydrogens is 358 g/mol. The van der Waals surface area contributed by atoms with Gasteiger partial charge in [-0.2, -0.15) is 5.10 Å². The molecule has 0 saturated carbocycles. The Morgan fingerprint density at radius 3 is 2.71 bits per heavy atom. The number of ether oxygens (including phenoxy) is 1. The summed E-state index contributed by atoms with van der Waals surface area (Å²) in [4.78, 5) is 24.6. The first-order valence-corrected chi connectivity index (χ1v) is 9.78. The van der Waals surface area contributed by atoms with E-state index < -0.39 is 11.5 Å². The minimum Gasteiger partial charge on any atom is -0.481 e. The zero-order valence-electron chi connectivity index (χ0n) is 16.0. The quantitative estimate of drug-likeness (QED) is 0.827. The largest absolute Gasteiger partial charge is 0.481 e. The van der Waals surface area contributed by atoms with Crippen LogP contribution in [0.15, 0.2) is 24.3 Å². The van der Waals surface area contributed by atoms with Crippen molar-refractivity contribution in [3.63, 3.8) is 0 Å². The number of rotatable bonds is 5. The normalized spacial score (nSPS) is 17.9. The number of benzene rings is 1. The van der Waals surface area contributed by atoms with Crippen LogP contribution in [0.2, 0.25) is 0 Å². The molecule has 0 unspecified atom stereocenters. The average molecular weight is 383 g/mol. The second kappa shape index (κ2) is 7.39. The van der Waals surface area contributed by atoms with Crippen LogP contribution in [0, 0.1) is 6.92 Å². The predicted octanol–water partition coefficient (Wildman–Crippen LogP) is 2.42. The zero-order valence-corrected chi connectivity index (χ0v) is 16.0. The summed E-state index contributed by atoms with van der Waals surface area (Å²) in [5.74, 6) is -1.20. The van der Waals surface area contributed by atoms with E-state index in [4.69, 9.17) is 4.74 Å². The molecule has 4 rings (SSSR count). The van der Waals surface area contributed by atoms with Crippen LogP contribution in [0.4, 0.5) is 0 Å². The van der Waals surface area contributed by atoms with E-state index in [0.29, 0.717) is 31.7 Å². The maximum atomic E-state index is 13.2. The number of carboxylic acid groups (broad SMARTS) is 1. The number of para-hydroxylation sites is 1. The van der Waals surface area contributed by atoms with Crippen LogP contribution in [0.1, 0.15) is 53.0 Å². The lowest BCUT2D eigenvalue weighted by atomic mass is 9.86. The standard InChI is InChI=1S/C21H25N3O4/c1-14-5-2-3-7-16(14)24-17-8-4-6-15(17)19(23-24)20(27)22-21(13-18(25)26)9-11-28-12-10-21/h2-3,5,7H,4,6,8-13H2,1H3,(H,22,27)(H,25,26). The summed E-state index contributed by atoms with van der Waals surface area (Å²) in [6.07, 6.45) is 3.57. The number of amides is 1. The van der Waals surface area contributed by atoms with Crippen molar-refractivity contribution in [3.05, 3.63) is 46.8 Å². The molecule has 2 N–H and O–H groups in total. The van der Waals surface area contributed by atoms with Crippen LogP contribution >= 0.6 is 0 Å². The lowest BCUT2D eigenvalue weighted by Crippen LogP contribution is -2.53. The number of carbonyl (C=O) groups excluding carboxylic acids is 1. The van der Waals surface area contributed by atoms with Gasteiger partial charge < -0.3 is 15.2 Å². The zero-order chi connectivity index (χ0) is 19.7. The lowest BCUT2D eigenvalue weighted by molar-refractivity contribution is -0.139. The van der Waals surface area contributed by atoms with Gasteiger partial charge in [-0.3, -0.25) is 9.59 Å². The van der Waals surface area contributed by atoms with Crippen molar-refractivity contribution in [1.82, 2.24) is 15.1 Å². The summed E-state index contributed by atoms with van der Waals surface area (Å²) in [6, 6.07) is 7.99. The summed E-state index contributed by atoms with van der Waals surface area (Å²) in [6.45, 7) is 2.93. The first-order valence-electron chi connectivity index (χ1n) is 9.78. The van der Waals surface area contributed by atoms with Crippen LogP contribution in [-0.2, 0) is 22.4 Å². The Morgan fingerprint density at radius 2 is 2.00 bits per heavy atom. The summed E-state index contributed by atoms with van der Waals surface area (Å²) in [5.41, 5.74) is 3.78. The van der Waals surface area contributed by atoms with E-state index in [1.165, 1.54) is 0 Å². The summed E-state index contributed by atoms with van der Waals surface area (Å²) in [5, 5.41) is 17.0. The Bertz CT molecular complexity index is 912. The molecule has 0 spiro atoms. The van der Waals surface area contributed by atoms with Gasteiger partial charge in [-0.1, -0.05) is 18.2 Å². The Hall–Kier alpha value is -2.67. The van der Waals surface area contributed by atoms with Crippen LogP contribution < -0.4 is 5.32 Å². The van der Waals surface area contributed by atoms with E-state index in [0.717, 1.165) is 41.8 Å². The van der Waals surface area contributed by atoms with E-state index in [2.05, 4.69) is 10.4 Å². The molecule has 28 heavy (non-hydrogen) atoms. The van der Waals surface area contributed by atoms with Crippen LogP contribution in [-0.4, -0.2) is 45.5 Å². The predicted molar refractivity (Wildman–Crippen MR) is 103 cm³/mol. The molecule has 2 aromatic rings. The number of nitrogens with one attached hydrogen (secondary N) is 1. The second-order valence-electron chi connectivity index (χ2n) is 7.74. The van der Waals surface area contributed by atoms with Gasteiger partial charge in [0.2, 0.25) is 0 Å². The topological polar surface area (TPSA) is 93.5 Å². The van der Waals surface area contributed by atoms with Gasteiger partial charge in [0.1, 0.15) is 0 Å². The number of aryl methyl sites for hydroxylation is 1. The fraction of sp³-hybridized carbons (Fsp3) is 0.476. The third-order valence-electron chi connectivity index (χ3n) is 5.81. The highest BCUT2D eigenvalue weighted by Crippen LogP contribution is 2.30. The highest BCUT2D eigenvalue weighted by Gasteiger charge is 2.38. The third-order valence-corrected chi connectivity index (χ3v) is 5.81. The summed E-state index contributed by atoms with van der Waals surface area (Å²) >= 11 is 0. The molecule has 2 heterocycles. The Labute approximate surface area is 163 Å². The minimum absolute atomic E-state index is 0.108. The molecule has 148 valence electrons. The lowest BCUT2D eigenvalue weighted by Gasteiger charge is -2.36. The highest BCUT2D eigenvalue weighted by atomic mass is 16.5. The molecule has 1 aliphatic carbocycles. The van der Waals surface area contributed by atoms with E-state index in [1.54, 1.807) is 0 Å². The van der Waals surface area contributed by atoms with Gasteiger partial charge in [0.25, 0.3) is 5.91 Å². The Morgan fingerprint density at radius 1 is 1.25 bits per heavy atom. The molecule has 1 aliphatic heterocycles. The van der Waals surface area contributed by atoms with E-state index in [1.807, 2.05) is 35.9 Å². The van der Waals surface area contributed by atoms with Gasteiger partial charge in [0.15, 0.2) is 5.69 Å². The maximum Gasteiger partial charge on any atom is 0.305 e. The molecule has 1 aromatic carbocycles. The number of fused-ring (bicyclic) bond motifs is 1. The molecule has 0 bridgehead atoms. The first kappa shape index (κ1) is 18.7. The number of hydrogen-bond acceptors (Lipinski definition) is 4. The molecule has 0 radical (unpaired) electrons. The molecular formula is C21H25N3O4. The van der Waals surface area contributed by atoms with Gasteiger partial charge in [0.05, 0.1) is 17.6 Å². The van der Waals surface area contributed by atoms with Crippen LogP contribution in [0.25, 0.3) is 5.69 Å². The van der Waals surface area contributed by atoms with Crippen molar-refractivity contribution in [2.75, 3.05) is 13.2 Å². The van der Waals surface area contributed by atoms with E-state index in [9.17, 15) is 14.7 Å². The Balaban J connectivity index is 1.67. The van der Waals surface area contributed by atoms with Gasteiger partial charge in [-0.25, -0.2) is 4.68 Å². The number of nitrogens with zero attached hydrogens (tertiary/aromatic N) is 2. The molecule has 1 aromatic heterocycles. The number of carbonyl (C=O) groups is 2. The Kier molecular flexibility index (Phi) is 4.93. The number of carboxylic acids is 1. The first-order chi connectivity index (χ1) is 13.5. The SMILES string of the molecule is Cc1ccccc1-n1nc(C(=O)NC2(CC(=O)O)CCOCC2)c2c1CCC2. The van der Waals surface area contributed by atoms with Crippen LogP contribution in [0.5, 0.6) is 0 Å². The van der Waals surface area contributed by atoms with Gasteiger partial charge >= 0.3 is 5.97 Å². The summed E-state index contributed by atoms with van der Waals surface area (Å²) < 4.78 is 7.27. The van der Waals surface area contributed by atoms with Crippen molar-refractivity contribution >= 4 is 11.9 Å². The van der Waals surface area contributed by atoms with Crippen LogP contribution in [0.3, 0.4) is 0 Å². The fourth-order valence-corrected chi connectivity index (χ4v) is 4.32. The average Bonchev–Trinajstić information content (AvgIpc) is 3.25. The fourth-order valence-electron chi connectivity index (χ4n) is 4.32. The minimum atomic E-state index is -0.919. The molecule has 1 fully saturated rings. The van der Waals surface area contributed by atoms with Crippen molar-refractivity contribution in [1.29, 1.82) is 0 Å². The molecule has 1 saturated heterocycles. The molecule has 1 amide bonds. The van der Waals surface area contributed by atoms with E-state index in [-0.39, 0.29) is 12.3 Å². The number of aliphatic carboxylic acids is 1. The second-order valence-corrected chi connectivity index (χ2v) is 7.74. The smallest absolute Gasteiger partial charge is 0.305 e. The number of hydrogen-bond donors (Lipinski definition) is 2. The number of aromatic nitrogens is 2. The molecule has 0 atom stereocenters. The van der Waals surface area contributed by atoms with E-state index >= 15 is 0 Å². The molecule has 7 heteroatoms. The van der Waals surface area contributed by atoms with Gasteiger partial charge in [-0.15, -0.1) is 0 Å². The molecule has 2 aliphatic rings. The van der Waals surface area contributed by atoms with Gasteiger partial charge in [-0.05, 0) is 50.7 Å². The van der Waals surface area contributed by atoms with Gasteiger partial charge in [0, 0.05) is 24.5 Å². The monoisotopic (exact) mass is 383 g/mol. The van der Waals surface area contributed by atoms with Crippen molar-refractivity contribution in [2.45, 2.75) is 51.0 Å². The summed E-state index contributed by atoms with van der Waals surface area (Å²) in [7, 11) is 0. The van der Waals surface area contributed by atoms with Crippen molar-refractivity contribution in [2.24, 2.45) is 0 Å². The van der Waals surface area contributed by atoms with Crippen molar-refractivity contribution in [3.8, 4) is 5.69 Å². The maximum absolute atomic E-state index is 13.2. The molecule has 7 nitrogen and oxygen atoms in total. The highest BCUT2D eigenvalue weighted by molar-refractivity contribution is 5.95.